The van der Waals surface area contributed by atoms with Crippen LogP contribution in [0.4, 0.5) is 5.69 Å². The Morgan fingerprint density at radius 2 is 2.18 bits per heavy atom. The van der Waals surface area contributed by atoms with E-state index in [2.05, 4.69) is 6.07 Å². The van der Waals surface area contributed by atoms with Crippen LogP contribution in [0, 0.1) is 11.3 Å². The van der Waals surface area contributed by atoms with Gasteiger partial charge >= 0.3 is 0 Å². The fraction of sp³-hybridized carbons (Fsp3) is 0.333. The average Bonchev–Trinajstić information content (AvgIpc) is 2.29. The van der Waals surface area contributed by atoms with Gasteiger partial charge in [-0.3, -0.25) is 9.69 Å². The van der Waals surface area contributed by atoms with E-state index in [1.807, 2.05) is 18.2 Å². The monoisotopic (exact) mass is 232 g/mol. The quantitative estimate of drug-likeness (QED) is 0.721. The van der Waals surface area contributed by atoms with Crippen LogP contribution in [0.25, 0.3) is 0 Å². The lowest BCUT2D eigenvalue weighted by molar-refractivity contribution is -0.119. The molecular weight excluding hydrogens is 216 g/mol. The molecule has 0 aliphatic heterocycles. The summed E-state index contributed by atoms with van der Waals surface area (Å²) < 4.78 is 0. The summed E-state index contributed by atoms with van der Waals surface area (Å²) in [4.78, 5) is 12.6. The minimum absolute atomic E-state index is 0.0447. The molecule has 0 aromatic heterocycles. The van der Waals surface area contributed by atoms with Gasteiger partial charge in [0, 0.05) is 12.2 Å². The smallest absolute Gasteiger partial charge is 0.231 e. The van der Waals surface area contributed by atoms with E-state index in [0.29, 0.717) is 12.2 Å². The zero-order valence-electron chi connectivity index (χ0n) is 9.76. The van der Waals surface area contributed by atoms with Crippen LogP contribution in [0.2, 0.25) is 0 Å². The van der Waals surface area contributed by atoms with Gasteiger partial charge in [-0.25, -0.2) is 0 Å². The second kappa shape index (κ2) is 5.87. The third-order valence-electron chi connectivity index (χ3n) is 2.52. The number of hydrogen-bond donors (Lipinski definition) is 2. The van der Waals surface area contributed by atoms with Gasteiger partial charge in [-0.15, -0.1) is 0 Å². The third-order valence-corrected chi connectivity index (χ3v) is 2.52. The lowest BCUT2D eigenvalue weighted by atomic mass is 10.1. The van der Waals surface area contributed by atoms with Gasteiger partial charge < -0.3 is 11.5 Å². The predicted octanol–water partition coefficient (Wildman–Crippen LogP) is 0.468. The molecule has 0 aliphatic carbocycles. The Morgan fingerprint density at radius 3 is 2.71 bits per heavy atom. The highest BCUT2D eigenvalue weighted by atomic mass is 16.1. The highest BCUT2D eigenvalue weighted by Gasteiger charge is 2.16. The lowest BCUT2D eigenvalue weighted by Crippen LogP contribution is -2.38. The van der Waals surface area contributed by atoms with Crippen LogP contribution in [0.5, 0.6) is 0 Å². The molecule has 0 aliphatic rings. The number of nitrogens with two attached hydrogens (primary N) is 2. The van der Waals surface area contributed by atoms with Crippen LogP contribution in [-0.2, 0) is 11.3 Å². The number of nitrogen functional groups attached to an aromatic ring is 1. The molecule has 1 aromatic carbocycles. The largest absolute Gasteiger partial charge is 0.398 e. The Balaban J connectivity index is 2.83. The molecule has 0 saturated heterocycles. The number of hydrogen-bond acceptors (Lipinski definition) is 4. The Kier molecular flexibility index (Phi) is 4.49. The topological polar surface area (TPSA) is 96.1 Å². The number of para-hydroxylation sites is 1. The molecule has 0 saturated carbocycles. The van der Waals surface area contributed by atoms with Crippen LogP contribution >= 0.6 is 0 Å². The van der Waals surface area contributed by atoms with Gasteiger partial charge in [0.25, 0.3) is 0 Å². The van der Waals surface area contributed by atoms with Crippen LogP contribution in [0.1, 0.15) is 12.5 Å². The summed E-state index contributed by atoms with van der Waals surface area (Å²) in [6, 6.07) is 9.06. The molecule has 0 heterocycles. The first kappa shape index (κ1) is 13.0. The van der Waals surface area contributed by atoms with E-state index in [1.54, 1.807) is 17.9 Å². The van der Waals surface area contributed by atoms with E-state index in [-0.39, 0.29) is 12.6 Å². The van der Waals surface area contributed by atoms with Gasteiger partial charge in [-0.05, 0) is 18.6 Å². The Labute approximate surface area is 101 Å². The van der Waals surface area contributed by atoms with Crippen LogP contribution < -0.4 is 11.5 Å². The molecule has 1 unspecified atom stereocenters. The fourth-order valence-electron chi connectivity index (χ4n) is 1.51. The summed E-state index contributed by atoms with van der Waals surface area (Å²) >= 11 is 0. The van der Waals surface area contributed by atoms with Gasteiger partial charge in [-0.2, -0.15) is 5.26 Å². The number of anilines is 1. The maximum atomic E-state index is 10.9. The lowest BCUT2D eigenvalue weighted by Gasteiger charge is -2.23. The van der Waals surface area contributed by atoms with Gasteiger partial charge in [-0.1, -0.05) is 18.2 Å². The van der Waals surface area contributed by atoms with Crippen molar-refractivity contribution >= 4 is 11.6 Å². The first-order chi connectivity index (χ1) is 8.04. The number of carbonyl (C=O) groups excluding carboxylic acids is 1. The second-order valence-electron chi connectivity index (χ2n) is 3.88. The predicted molar refractivity (Wildman–Crippen MR) is 65.5 cm³/mol. The van der Waals surface area contributed by atoms with Gasteiger partial charge in [0.05, 0.1) is 18.7 Å². The number of carbonyl (C=O) groups is 1. The number of nitriles is 1. The Morgan fingerprint density at radius 1 is 1.53 bits per heavy atom. The summed E-state index contributed by atoms with van der Waals surface area (Å²) in [6.07, 6.45) is 0. The number of benzene rings is 1. The van der Waals surface area contributed by atoms with Crippen molar-refractivity contribution in [1.82, 2.24) is 4.90 Å². The molecule has 5 nitrogen and oxygen atoms in total. The molecule has 0 bridgehead atoms. The summed E-state index contributed by atoms with van der Waals surface area (Å²) in [5, 5.41) is 8.89. The minimum Gasteiger partial charge on any atom is -0.398 e. The molecule has 1 amide bonds. The highest BCUT2D eigenvalue weighted by Crippen LogP contribution is 2.14. The first-order valence-electron chi connectivity index (χ1n) is 5.30. The molecular formula is C12H16N4O. The van der Waals surface area contributed by atoms with Crippen molar-refractivity contribution < 1.29 is 4.79 Å². The molecule has 0 spiro atoms. The highest BCUT2D eigenvalue weighted by molar-refractivity contribution is 5.76. The van der Waals surface area contributed by atoms with Gasteiger partial charge in [0.15, 0.2) is 0 Å². The van der Waals surface area contributed by atoms with Crippen molar-refractivity contribution in [1.29, 1.82) is 5.26 Å². The maximum absolute atomic E-state index is 10.9. The summed E-state index contributed by atoms with van der Waals surface area (Å²) in [7, 11) is 0. The van der Waals surface area contributed by atoms with Crippen molar-refractivity contribution in [3.8, 4) is 6.07 Å². The Bertz CT molecular complexity index is 438. The SMILES string of the molecule is CC(C#N)N(CC(N)=O)Cc1ccccc1N. The number of primary amides is 1. The van der Waals surface area contributed by atoms with E-state index in [4.69, 9.17) is 16.7 Å². The molecule has 5 heteroatoms. The van der Waals surface area contributed by atoms with E-state index >= 15 is 0 Å². The zero-order valence-corrected chi connectivity index (χ0v) is 9.76. The van der Waals surface area contributed by atoms with E-state index in [0.717, 1.165) is 5.56 Å². The molecule has 0 fully saturated rings. The van der Waals surface area contributed by atoms with Gasteiger partial charge in [0.1, 0.15) is 0 Å². The first-order valence-corrected chi connectivity index (χ1v) is 5.30. The molecule has 4 N–H and O–H groups in total. The summed E-state index contributed by atoms with van der Waals surface area (Å²) in [6.45, 7) is 2.20. The van der Waals surface area contributed by atoms with E-state index < -0.39 is 5.91 Å². The van der Waals surface area contributed by atoms with Gasteiger partial charge in [0.2, 0.25) is 5.91 Å². The van der Waals surface area contributed by atoms with Crippen LogP contribution in [0.3, 0.4) is 0 Å². The van der Waals surface area contributed by atoms with Crippen molar-refractivity contribution in [2.45, 2.75) is 19.5 Å². The minimum atomic E-state index is -0.457. The number of rotatable bonds is 5. The normalized spacial score (nSPS) is 12.1. The molecule has 0 radical (unpaired) electrons. The standard InChI is InChI=1S/C12H16N4O/c1-9(6-13)16(8-12(15)17)7-10-4-2-3-5-11(10)14/h2-5,9H,7-8,14H2,1H3,(H2,15,17). The molecule has 17 heavy (non-hydrogen) atoms. The van der Waals surface area contributed by atoms with Crippen molar-refractivity contribution in [3.05, 3.63) is 29.8 Å². The van der Waals surface area contributed by atoms with E-state index in [9.17, 15) is 4.79 Å². The van der Waals surface area contributed by atoms with Crippen molar-refractivity contribution in [2.75, 3.05) is 12.3 Å². The van der Waals surface area contributed by atoms with Crippen LogP contribution in [0.15, 0.2) is 24.3 Å². The molecule has 90 valence electrons. The molecule has 1 atom stereocenters. The fourth-order valence-corrected chi connectivity index (χ4v) is 1.51. The van der Waals surface area contributed by atoms with Crippen molar-refractivity contribution in [3.63, 3.8) is 0 Å². The van der Waals surface area contributed by atoms with Crippen LogP contribution in [-0.4, -0.2) is 23.4 Å². The average molecular weight is 232 g/mol. The second-order valence-corrected chi connectivity index (χ2v) is 3.88. The Hall–Kier alpha value is -2.06. The summed E-state index contributed by atoms with van der Waals surface area (Å²) in [5.41, 5.74) is 12.5. The zero-order chi connectivity index (χ0) is 12.8. The molecule has 1 aromatic rings. The number of amides is 1. The van der Waals surface area contributed by atoms with Crippen molar-refractivity contribution in [2.24, 2.45) is 5.73 Å². The summed E-state index contributed by atoms with van der Waals surface area (Å²) in [5.74, 6) is -0.457. The third kappa shape index (κ3) is 3.78. The molecule has 1 rings (SSSR count). The number of nitrogens with zero attached hydrogens (tertiary/aromatic N) is 2. The maximum Gasteiger partial charge on any atom is 0.231 e. The van der Waals surface area contributed by atoms with E-state index in [1.165, 1.54) is 0 Å².